The first-order chi connectivity index (χ1) is 14.1. The molecule has 0 fully saturated rings. The van der Waals surface area contributed by atoms with Gasteiger partial charge in [-0.05, 0) is 48.0 Å². The van der Waals surface area contributed by atoms with Crippen LogP contribution in [0.4, 0.5) is 27.6 Å². The lowest BCUT2D eigenvalue weighted by Gasteiger charge is -2.08. The molecule has 6 nitrogen and oxygen atoms in total. The van der Waals surface area contributed by atoms with E-state index in [-0.39, 0.29) is 28.6 Å². The molecule has 1 N–H and O–H groups in total. The summed E-state index contributed by atoms with van der Waals surface area (Å²) in [6, 6.07) is 10.5. The number of aliphatic imine (C=N–C) groups is 1. The first-order valence-corrected chi connectivity index (χ1v) is 8.18. The second kappa shape index (κ2) is 8.31. The van der Waals surface area contributed by atoms with Gasteiger partial charge in [-0.3, -0.25) is 4.79 Å². The van der Waals surface area contributed by atoms with E-state index in [4.69, 9.17) is 4.74 Å². The Morgan fingerprint density at radius 2 is 1.83 bits per heavy atom. The Bertz CT molecular complexity index is 1030. The highest BCUT2D eigenvalue weighted by Gasteiger charge is 2.38. The largest absolute Gasteiger partial charge is 0.471 e. The second-order valence-electron chi connectivity index (χ2n) is 5.82. The summed E-state index contributed by atoms with van der Waals surface area (Å²) >= 11 is 0. The predicted molar refractivity (Wildman–Crippen MR) is 94.8 cm³/mol. The molecular weight excluding hydrogens is 415 g/mol. The molecule has 0 radical (unpaired) electrons. The van der Waals surface area contributed by atoms with Gasteiger partial charge in [-0.25, -0.2) is 9.79 Å². The third kappa shape index (κ3) is 5.19. The van der Waals surface area contributed by atoms with Gasteiger partial charge >= 0.3 is 24.7 Å². The number of nitrogens with one attached hydrogen (secondary N) is 1. The van der Waals surface area contributed by atoms with Gasteiger partial charge in [0.1, 0.15) is 5.75 Å². The smallest absolute Gasteiger partial charge is 0.435 e. The number of carbonyl (C=O) groups is 2. The Kier molecular flexibility index (Phi) is 5.81. The lowest BCUT2D eigenvalue weighted by molar-refractivity contribution is -0.167. The third-order valence-corrected chi connectivity index (χ3v) is 3.65. The quantitative estimate of drug-likeness (QED) is 0.443. The van der Waals surface area contributed by atoms with Crippen LogP contribution < -0.4 is 10.1 Å². The normalized spacial score (nSPS) is 15.2. The molecule has 0 aromatic heterocycles. The molecule has 1 heterocycles. The van der Waals surface area contributed by atoms with Crippen LogP contribution in [0.15, 0.2) is 59.2 Å². The lowest BCUT2D eigenvalue weighted by atomic mass is 10.1. The standard InChI is InChI=1S/C19H11F5N2O4/c20-18(21)29-13-6-4-11(5-7-13)15-26-14(16(27)30-15)9-10-2-1-3-12(8-10)25-17(28)19(22,23)24/h1-9,18H,(H,25,28)/b14-9-. The fourth-order valence-electron chi connectivity index (χ4n) is 2.38. The summed E-state index contributed by atoms with van der Waals surface area (Å²) < 4.78 is 70.7. The number of nitrogens with zero attached hydrogens (tertiary/aromatic N) is 1. The van der Waals surface area contributed by atoms with E-state index in [1.807, 2.05) is 0 Å². The SMILES string of the molecule is O=C1OC(c2ccc(OC(F)F)cc2)=N/C1=C\c1cccc(NC(=O)C(F)(F)F)c1. The lowest BCUT2D eigenvalue weighted by Crippen LogP contribution is -2.29. The number of ether oxygens (including phenoxy) is 2. The zero-order valence-corrected chi connectivity index (χ0v) is 14.7. The monoisotopic (exact) mass is 426 g/mol. The maximum Gasteiger partial charge on any atom is 0.471 e. The Labute approximate surface area is 165 Å². The van der Waals surface area contributed by atoms with E-state index >= 15 is 0 Å². The number of halogens is 5. The van der Waals surface area contributed by atoms with Gasteiger partial charge in [0.15, 0.2) is 5.70 Å². The molecule has 2 aromatic rings. The van der Waals surface area contributed by atoms with Gasteiger partial charge < -0.3 is 14.8 Å². The molecule has 1 aliphatic heterocycles. The minimum Gasteiger partial charge on any atom is -0.435 e. The summed E-state index contributed by atoms with van der Waals surface area (Å²) in [4.78, 5) is 27.1. The molecule has 11 heteroatoms. The van der Waals surface area contributed by atoms with Crippen molar-refractivity contribution in [3.8, 4) is 5.75 Å². The average Bonchev–Trinajstić information content (AvgIpc) is 3.02. The molecule has 0 spiro atoms. The zero-order chi connectivity index (χ0) is 21.9. The number of anilines is 1. The van der Waals surface area contributed by atoms with Crippen LogP contribution in [0.5, 0.6) is 5.75 Å². The van der Waals surface area contributed by atoms with Gasteiger partial charge in [-0.15, -0.1) is 0 Å². The Morgan fingerprint density at radius 3 is 2.47 bits per heavy atom. The first-order valence-electron chi connectivity index (χ1n) is 8.18. The predicted octanol–water partition coefficient (Wildman–Crippen LogP) is 4.13. The van der Waals surface area contributed by atoms with Crippen molar-refractivity contribution in [3.05, 3.63) is 65.4 Å². The highest BCUT2D eigenvalue weighted by molar-refractivity contribution is 6.13. The molecule has 0 saturated carbocycles. The van der Waals surface area contributed by atoms with Crippen molar-refractivity contribution < 1.29 is 41.0 Å². The number of esters is 1. The number of carbonyl (C=O) groups excluding carboxylic acids is 2. The first kappa shape index (κ1) is 21.0. The summed E-state index contributed by atoms with van der Waals surface area (Å²) in [6.45, 7) is -2.98. The van der Waals surface area contributed by atoms with Gasteiger partial charge in [-0.2, -0.15) is 22.0 Å². The van der Waals surface area contributed by atoms with E-state index in [9.17, 15) is 31.5 Å². The average molecular weight is 426 g/mol. The molecule has 156 valence electrons. The molecule has 0 unspecified atom stereocenters. The van der Waals surface area contributed by atoms with Crippen molar-refractivity contribution in [2.24, 2.45) is 4.99 Å². The highest BCUT2D eigenvalue weighted by atomic mass is 19.4. The van der Waals surface area contributed by atoms with Crippen LogP contribution in [0.3, 0.4) is 0 Å². The molecule has 30 heavy (non-hydrogen) atoms. The second-order valence-corrected chi connectivity index (χ2v) is 5.82. The van der Waals surface area contributed by atoms with Crippen LogP contribution in [0, 0.1) is 0 Å². The van der Waals surface area contributed by atoms with Crippen LogP contribution in [-0.2, 0) is 14.3 Å². The summed E-state index contributed by atoms with van der Waals surface area (Å²) in [7, 11) is 0. The third-order valence-electron chi connectivity index (χ3n) is 3.65. The molecule has 3 rings (SSSR count). The van der Waals surface area contributed by atoms with E-state index in [2.05, 4.69) is 9.73 Å². The minimum absolute atomic E-state index is 0.0867. The molecule has 0 atom stereocenters. The molecule has 1 aliphatic rings. The molecule has 0 saturated heterocycles. The number of rotatable bonds is 5. The maximum absolute atomic E-state index is 12.4. The fraction of sp³-hybridized carbons (Fsp3) is 0.105. The van der Waals surface area contributed by atoms with E-state index in [0.29, 0.717) is 5.56 Å². The van der Waals surface area contributed by atoms with Gasteiger partial charge in [0.2, 0.25) is 5.90 Å². The van der Waals surface area contributed by atoms with Crippen LogP contribution in [0.2, 0.25) is 0 Å². The van der Waals surface area contributed by atoms with Gasteiger partial charge in [-0.1, -0.05) is 12.1 Å². The molecule has 0 aliphatic carbocycles. The van der Waals surface area contributed by atoms with Gasteiger partial charge in [0, 0.05) is 11.3 Å². The number of cyclic esters (lactones) is 1. The van der Waals surface area contributed by atoms with Gasteiger partial charge in [0.05, 0.1) is 0 Å². The molecular formula is C19H11F5N2O4. The van der Waals surface area contributed by atoms with Crippen molar-refractivity contribution in [1.82, 2.24) is 0 Å². The van der Waals surface area contributed by atoms with E-state index in [1.54, 1.807) is 5.32 Å². The Balaban J connectivity index is 1.79. The van der Waals surface area contributed by atoms with Crippen LogP contribution in [0.25, 0.3) is 6.08 Å². The van der Waals surface area contributed by atoms with Crippen molar-refractivity contribution >= 4 is 29.5 Å². The van der Waals surface area contributed by atoms with Gasteiger partial charge in [0.25, 0.3) is 0 Å². The van der Waals surface area contributed by atoms with E-state index in [1.165, 1.54) is 54.6 Å². The van der Waals surface area contributed by atoms with Crippen LogP contribution in [-0.4, -0.2) is 30.6 Å². The topological polar surface area (TPSA) is 77.0 Å². The molecule has 1 amide bonds. The summed E-state index contributed by atoms with van der Waals surface area (Å²) in [5.41, 5.74) is 0.334. The number of alkyl halides is 5. The zero-order valence-electron chi connectivity index (χ0n) is 14.7. The van der Waals surface area contributed by atoms with Crippen LogP contribution >= 0.6 is 0 Å². The van der Waals surface area contributed by atoms with E-state index in [0.717, 1.165) is 0 Å². The van der Waals surface area contributed by atoms with Crippen molar-refractivity contribution in [1.29, 1.82) is 0 Å². The van der Waals surface area contributed by atoms with E-state index < -0.39 is 24.7 Å². The number of hydrogen-bond donors (Lipinski definition) is 1. The summed E-state index contributed by atoms with van der Waals surface area (Å²) in [5.74, 6) is -3.13. The molecule has 2 aromatic carbocycles. The van der Waals surface area contributed by atoms with Crippen molar-refractivity contribution in [2.45, 2.75) is 12.8 Å². The highest BCUT2D eigenvalue weighted by Crippen LogP contribution is 2.23. The molecule has 0 bridgehead atoms. The number of hydrogen-bond acceptors (Lipinski definition) is 5. The Hall–Kier alpha value is -3.76. The van der Waals surface area contributed by atoms with Crippen molar-refractivity contribution in [2.75, 3.05) is 5.32 Å². The number of amides is 1. The maximum atomic E-state index is 12.4. The van der Waals surface area contributed by atoms with Crippen molar-refractivity contribution in [3.63, 3.8) is 0 Å². The summed E-state index contributed by atoms with van der Waals surface area (Å²) in [5, 5.41) is 1.70. The summed E-state index contributed by atoms with van der Waals surface area (Å²) in [6.07, 6.45) is -3.79. The number of benzene rings is 2. The fourth-order valence-corrected chi connectivity index (χ4v) is 2.38. The van der Waals surface area contributed by atoms with Crippen LogP contribution in [0.1, 0.15) is 11.1 Å². The Morgan fingerprint density at radius 1 is 1.13 bits per heavy atom. The minimum atomic E-state index is -5.04.